The van der Waals surface area contributed by atoms with Crippen molar-refractivity contribution in [2.24, 2.45) is 5.73 Å². The lowest BCUT2D eigenvalue weighted by Crippen LogP contribution is -2.02. The normalized spacial score (nSPS) is 10.8. The molecule has 2 N–H and O–H groups in total. The molecule has 106 valence electrons. The number of halogens is 1. The Morgan fingerprint density at radius 1 is 1.10 bits per heavy atom. The van der Waals surface area contributed by atoms with E-state index >= 15 is 0 Å². The standard InChI is InChI=1S/C16H14BrN3O/c17-14-7-2-1-6-13(14)15-19-16(21-20-15)12-5-3-4-11(10-12)8-9-18/h1-7,10H,8-9,18H2. The second-order valence-electron chi connectivity index (χ2n) is 4.64. The molecule has 1 aromatic heterocycles. The van der Waals surface area contributed by atoms with Crippen molar-refractivity contribution in [2.45, 2.75) is 6.42 Å². The van der Waals surface area contributed by atoms with Gasteiger partial charge in [-0.1, -0.05) is 45.4 Å². The lowest BCUT2D eigenvalue weighted by molar-refractivity contribution is 0.432. The van der Waals surface area contributed by atoms with Crippen molar-refractivity contribution in [3.63, 3.8) is 0 Å². The lowest BCUT2D eigenvalue weighted by Gasteiger charge is -2.00. The summed E-state index contributed by atoms with van der Waals surface area (Å²) in [5.74, 6) is 1.08. The zero-order chi connectivity index (χ0) is 14.7. The van der Waals surface area contributed by atoms with Gasteiger partial charge >= 0.3 is 0 Å². The molecule has 0 radical (unpaired) electrons. The number of aromatic nitrogens is 2. The van der Waals surface area contributed by atoms with Crippen LogP contribution >= 0.6 is 15.9 Å². The van der Waals surface area contributed by atoms with Gasteiger partial charge in [-0.2, -0.15) is 4.98 Å². The first-order valence-electron chi connectivity index (χ1n) is 6.66. The third-order valence-electron chi connectivity index (χ3n) is 3.15. The van der Waals surface area contributed by atoms with E-state index < -0.39 is 0 Å². The second-order valence-corrected chi connectivity index (χ2v) is 5.50. The number of hydrogen-bond donors (Lipinski definition) is 1. The molecule has 0 spiro atoms. The van der Waals surface area contributed by atoms with Crippen LogP contribution in [0, 0.1) is 0 Å². The predicted octanol–water partition coefficient (Wildman–Crippen LogP) is 3.67. The Labute approximate surface area is 131 Å². The molecule has 0 aliphatic carbocycles. The van der Waals surface area contributed by atoms with Gasteiger partial charge in [0.25, 0.3) is 5.89 Å². The molecule has 0 atom stereocenters. The summed E-state index contributed by atoms with van der Waals surface area (Å²) in [7, 11) is 0. The highest BCUT2D eigenvalue weighted by Gasteiger charge is 2.12. The van der Waals surface area contributed by atoms with E-state index in [0.717, 1.165) is 27.6 Å². The summed E-state index contributed by atoms with van der Waals surface area (Å²) in [6, 6.07) is 15.8. The fourth-order valence-electron chi connectivity index (χ4n) is 2.12. The van der Waals surface area contributed by atoms with Gasteiger partial charge in [0, 0.05) is 15.6 Å². The van der Waals surface area contributed by atoms with E-state index in [1.165, 1.54) is 0 Å². The van der Waals surface area contributed by atoms with E-state index in [4.69, 9.17) is 10.3 Å². The Bertz CT molecular complexity index is 755. The Balaban J connectivity index is 1.95. The Hall–Kier alpha value is -1.98. The number of hydrogen-bond acceptors (Lipinski definition) is 4. The number of benzene rings is 2. The van der Waals surface area contributed by atoms with Crippen molar-refractivity contribution in [3.05, 3.63) is 58.6 Å². The highest BCUT2D eigenvalue weighted by molar-refractivity contribution is 9.10. The fraction of sp³-hybridized carbons (Fsp3) is 0.125. The Morgan fingerprint density at radius 3 is 2.76 bits per heavy atom. The lowest BCUT2D eigenvalue weighted by atomic mass is 10.1. The fourth-order valence-corrected chi connectivity index (χ4v) is 2.58. The van der Waals surface area contributed by atoms with Gasteiger partial charge in [-0.25, -0.2) is 0 Å². The van der Waals surface area contributed by atoms with Crippen LogP contribution in [-0.4, -0.2) is 16.7 Å². The molecular weight excluding hydrogens is 330 g/mol. The molecule has 0 fully saturated rings. The van der Waals surface area contributed by atoms with Crippen molar-refractivity contribution in [3.8, 4) is 22.8 Å². The maximum atomic E-state index is 5.59. The molecule has 0 unspecified atom stereocenters. The van der Waals surface area contributed by atoms with Crippen LogP contribution in [0.4, 0.5) is 0 Å². The molecule has 0 saturated carbocycles. The molecular formula is C16H14BrN3O. The van der Waals surface area contributed by atoms with E-state index in [-0.39, 0.29) is 0 Å². The summed E-state index contributed by atoms with van der Waals surface area (Å²) in [6.45, 7) is 0.621. The van der Waals surface area contributed by atoms with E-state index in [9.17, 15) is 0 Å². The molecule has 0 amide bonds. The van der Waals surface area contributed by atoms with Crippen LogP contribution < -0.4 is 5.73 Å². The first-order valence-corrected chi connectivity index (χ1v) is 7.45. The summed E-state index contributed by atoms with van der Waals surface area (Å²) in [6.07, 6.45) is 0.832. The summed E-state index contributed by atoms with van der Waals surface area (Å²) < 4.78 is 6.32. The molecule has 4 nitrogen and oxygen atoms in total. The maximum absolute atomic E-state index is 5.59. The molecule has 3 aromatic rings. The van der Waals surface area contributed by atoms with E-state index in [2.05, 4.69) is 26.1 Å². The molecule has 0 saturated heterocycles. The van der Waals surface area contributed by atoms with Crippen LogP contribution in [0.15, 0.2) is 57.5 Å². The van der Waals surface area contributed by atoms with Crippen LogP contribution in [-0.2, 0) is 6.42 Å². The predicted molar refractivity (Wildman–Crippen MR) is 85.6 cm³/mol. The molecule has 0 aliphatic rings. The zero-order valence-corrected chi connectivity index (χ0v) is 12.9. The highest BCUT2D eigenvalue weighted by atomic mass is 79.9. The average Bonchev–Trinajstić information content (AvgIpc) is 2.98. The Kier molecular flexibility index (Phi) is 4.13. The SMILES string of the molecule is NCCc1cccc(-c2nc(-c3ccccc3Br)no2)c1. The van der Waals surface area contributed by atoms with Gasteiger partial charge < -0.3 is 10.3 Å². The minimum Gasteiger partial charge on any atom is -0.334 e. The zero-order valence-electron chi connectivity index (χ0n) is 11.3. The van der Waals surface area contributed by atoms with Crippen molar-refractivity contribution in [2.75, 3.05) is 6.54 Å². The van der Waals surface area contributed by atoms with E-state index in [0.29, 0.717) is 18.3 Å². The second kappa shape index (κ2) is 6.20. The first-order chi connectivity index (χ1) is 10.3. The van der Waals surface area contributed by atoms with Gasteiger partial charge in [-0.15, -0.1) is 0 Å². The molecule has 21 heavy (non-hydrogen) atoms. The minimum absolute atomic E-state index is 0.514. The highest BCUT2D eigenvalue weighted by Crippen LogP contribution is 2.28. The van der Waals surface area contributed by atoms with Gasteiger partial charge in [-0.05, 0) is 42.8 Å². The Morgan fingerprint density at radius 2 is 1.95 bits per heavy atom. The summed E-state index contributed by atoms with van der Waals surface area (Å²) in [5, 5.41) is 4.06. The number of rotatable bonds is 4. The molecule has 5 heteroatoms. The van der Waals surface area contributed by atoms with Gasteiger partial charge in [-0.3, -0.25) is 0 Å². The van der Waals surface area contributed by atoms with Crippen molar-refractivity contribution >= 4 is 15.9 Å². The van der Waals surface area contributed by atoms with Crippen LogP contribution in [0.25, 0.3) is 22.8 Å². The number of nitrogens with zero attached hydrogens (tertiary/aromatic N) is 2. The average molecular weight is 344 g/mol. The van der Waals surface area contributed by atoms with E-state index in [1.54, 1.807) is 0 Å². The quantitative estimate of drug-likeness (QED) is 0.784. The smallest absolute Gasteiger partial charge is 0.258 e. The largest absolute Gasteiger partial charge is 0.334 e. The molecule has 3 rings (SSSR count). The molecule has 1 heterocycles. The molecule has 2 aromatic carbocycles. The van der Waals surface area contributed by atoms with Crippen molar-refractivity contribution in [1.82, 2.24) is 10.1 Å². The van der Waals surface area contributed by atoms with E-state index in [1.807, 2.05) is 48.5 Å². The van der Waals surface area contributed by atoms with Crippen molar-refractivity contribution in [1.29, 1.82) is 0 Å². The summed E-state index contributed by atoms with van der Waals surface area (Å²) in [4.78, 5) is 4.47. The third-order valence-corrected chi connectivity index (χ3v) is 3.84. The van der Waals surface area contributed by atoms with Gasteiger partial charge in [0.1, 0.15) is 0 Å². The third kappa shape index (κ3) is 3.04. The maximum Gasteiger partial charge on any atom is 0.258 e. The minimum atomic E-state index is 0.514. The first kappa shape index (κ1) is 14.0. The molecule has 0 bridgehead atoms. The van der Waals surface area contributed by atoms with Crippen LogP contribution in [0.2, 0.25) is 0 Å². The van der Waals surface area contributed by atoms with Crippen molar-refractivity contribution < 1.29 is 4.52 Å². The van der Waals surface area contributed by atoms with Gasteiger partial charge in [0.15, 0.2) is 0 Å². The topological polar surface area (TPSA) is 64.9 Å². The van der Waals surface area contributed by atoms with Crippen LogP contribution in [0.5, 0.6) is 0 Å². The van der Waals surface area contributed by atoms with Crippen LogP contribution in [0.3, 0.4) is 0 Å². The summed E-state index contributed by atoms with van der Waals surface area (Å²) >= 11 is 3.50. The van der Waals surface area contributed by atoms with Crippen LogP contribution in [0.1, 0.15) is 5.56 Å². The monoisotopic (exact) mass is 343 g/mol. The summed E-state index contributed by atoms with van der Waals surface area (Å²) in [5.41, 5.74) is 8.57. The number of nitrogens with two attached hydrogens (primary N) is 1. The van der Waals surface area contributed by atoms with Gasteiger partial charge in [0.2, 0.25) is 5.82 Å². The van der Waals surface area contributed by atoms with Gasteiger partial charge in [0.05, 0.1) is 0 Å². The molecule has 0 aliphatic heterocycles.